The highest BCUT2D eigenvalue weighted by Gasteiger charge is 2.19. The van der Waals surface area contributed by atoms with Gasteiger partial charge >= 0.3 is 0 Å². The van der Waals surface area contributed by atoms with Crippen molar-refractivity contribution in [1.29, 1.82) is 0 Å². The molecule has 3 aromatic heterocycles. The van der Waals surface area contributed by atoms with Gasteiger partial charge in [-0.05, 0) is 51.1 Å². The van der Waals surface area contributed by atoms with Crippen molar-refractivity contribution in [1.82, 2.24) is 24.5 Å². The number of carbonyl (C=O) groups is 1. The van der Waals surface area contributed by atoms with E-state index in [4.69, 9.17) is 0 Å². The summed E-state index contributed by atoms with van der Waals surface area (Å²) in [6, 6.07) is 13.6. The molecule has 3 heterocycles. The minimum atomic E-state index is -0.262. The fourth-order valence-electron chi connectivity index (χ4n) is 3.33. The fraction of sp³-hybridized carbons (Fsp3) is 0.250. The summed E-state index contributed by atoms with van der Waals surface area (Å²) < 4.78 is 4.06. The molecular formula is C20H21N5O. The third kappa shape index (κ3) is 2.63. The number of pyridine rings is 1. The lowest BCUT2D eigenvalue weighted by atomic mass is 10.1. The smallest absolute Gasteiger partial charge is 0.252 e. The van der Waals surface area contributed by atoms with Crippen molar-refractivity contribution < 1.29 is 4.79 Å². The molecule has 0 fully saturated rings. The van der Waals surface area contributed by atoms with Gasteiger partial charge < -0.3 is 9.88 Å². The Bertz CT molecular complexity index is 1090. The Morgan fingerprint density at radius 1 is 1.00 bits per heavy atom. The van der Waals surface area contributed by atoms with Crippen LogP contribution in [-0.2, 0) is 0 Å². The average molecular weight is 347 g/mol. The Morgan fingerprint density at radius 3 is 2.65 bits per heavy atom. The Labute approximate surface area is 151 Å². The van der Waals surface area contributed by atoms with Gasteiger partial charge in [0.05, 0.1) is 6.04 Å². The summed E-state index contributed by atoms with van der Waals surface area (Å²) in [4.78, 5) is 12.9. The Balaban J connectivity index is 1.65. The average Bonchev–Trinajstić information content (AvgIpc) is 3.25. The van der Waals surface area contributed by atoms with Crippen molar-refractivity contribution in [3.05, 3.63) is 66.2 Å². The number of nitrogens with zero attached hydrogens (tertiary/aromatic N) is 4. The highest BCUT2D eigenvalue weighted by atomic mass is 16.1. The summed E-state index contributed by atoms with van der Waals surface area (Å²) in [7, 11) is 0. The van der Waals surface area contributed by atoms with Crippen LogP contribution in [0.15, 0.2) is 54.9 Å². The molecule has 0 aliphatic heterocycles. The molecule has 6 heteroatoms. The van der Waals surface area contributed by atoms with Gasteiger partial charge in [0, 0.05) is 34.9 Å². The first-order valence-electron chi connectivity index (χ1n) is 8.76. The molecule has 0 aliphatic carbocycles. The zero-order valence-corrected chi connectivity index (χ0v) is 15.0. The van der Waals surface area contributed by atoms with Crippen LogP contribution in [-0.4, -0.2) is 25.1 Å². The minimum absolute atomic E-state index is 0.114. The molecule has 0 saturated heterocycles. The first kappa shape index (κ1) is 16.3. The van der Waals surface area contributed by atoms with E-state index in [1.165, 1.54) is 0 Å². The van der Waals surface area contributed by atoms with Crippen LogP contribution in [0.4, 0.5) is 0 Å². The Morgan fingerprint density at radius 2 is 1.85 bits per heavy atom. The Kier molecular flexibility index (Phi) is 3.95. The van der Waals surface area contributed by atoms with E-state index in [1.54, 1.807) is 0 Å². The molecule has 26 heavy (non-hydrogen) atoms. The predicted molar refractivity (Wildman–Crippen MR) is 101 cm³/mol. The lowest BCUT2D eigenvalue weighted by molar-refractivity contribution is 0.0940. The maximum absolute atomic E-state index is 12.9. The summed E-state index contributed by atoms with van der Waals surface area (Å²) in [5, 5.41) is 12.4. The molecule has 0 unspecified atom stereocenters. The topological polar surface area (TPSA) is 64.2 Å². The summed E-state index contributed by atoms with van der Waals surface area (Å²) in [6.45, 7) is 6.18. The van der Waals surface area contributed by atoms with Gasteiger partial charge in [-0.25, -0.2) is 0 Å². The van der Waals surface area contributed by atoms with E-state index in [-0.39, 0.29) is 11.9 Å². The van der Waals surface area contributed by atoms with Crippen LogP contribution < -0.4 is 5.32 Å². The van der Waals surface area contributed by atoms with Gasteiger partial charge in [0.1, 0.15) is 0 Å². The molecular weight excluding hydrogens is 326 g/mol. The maximum Gasteiger partial charge on any atom is 0.252 e. The summed E-state index contributed by atoms with van der Waals surface area (Å²) in [6.07, 6.45) is 3.93. The largest absolute Gasteiger partial charge is 0.345 e. The van der Waals surface area contributed by atoms with Gasteiger partial charge in [-0.2, -0.15) is 0 Å². The number of carbonyl (C=O) groups excluding carboxylic acids is 1. The molecule has 6 nitrogen and oxygen atoms in total. The first-order chi connectivity index (χ1) is 12.6. The van der Waals surface area contributed by atoms with Crippen molar-refractivity contribution in [2.75, 3.05) is 0 Å². The second kappa shape index (κ2) is 6.29. The van der Waals surface area contributed by atoms with Crippen molar-refractivity contribution in [3.8, 4) is 0 Å². The van der Waals surface area contributed by atoms with Crippen molar-refractivity contribution in [3.63, 3.8) is 0 Å². The van der Waals surface area contributed by atoms with Gasteiger partial charge in [0.2, 0.25) is 0 Å². The third-order valence-corrected chi connectivity index (χ3v) is 4.64. The number of rotatable bonds is 4. The molecule has 1 N–H and O–H groups in total. The van der Waals surface area contributed by atoms with Crippen LogP contribution in [0, 0.1) is 0 Å². The SMILES string of the molecule is CC(C)n1ccc2c(C(=O)N[C@H](C)c3nnc4ccccn34)cccc21. The van der Waals surface area contributed by atoms with Crippen LogP contribution >= 0.6 is 0 Å². The lowest BCUT2D eigenvalue weighted by Crippen LogP contribution is -2.28. The summed E-state index contributed by atoms with van der Waals surface area (Å²) in [5.41, 5.74) is 2.50. The van der Waals surface area contributed by atoms with Crippen LogP contribution in [0.2, 0.25) is 0 Å². The zero-order valence-electron chi connectivity index (χ0n) is 15.0. The van der Waals surface area contributed by atoms with E-state index in [1.807, 2.05) is 66.2 Å². The highest BCUT2D eigenvalue weighted by molar-refractivity contribution is 6.06. The highest BCUT2D eigenvalue weighted by Crippen LogP contribution is 2.24. The molecule has 1 atom stereocenters. The van der Waals surface area contributed by atoms with E-state index in [0.717, 1.165) is 16.6 Å². The number of benzene rings is 1. The molecule has 0 aliphatic rings. The van der Waals surface area contributed by atoms with Crippen molar-refractivity contribution >= 4 is 22.5 Å². The molecule has 1 amide bonds. The van der Waals surface area contributed by atoms with Gasteiger partial charge in [-0.15, -0.1) is 10.2 Å². The normalized spacial score (nSPS) is 12.8. The molecule has 0 spiro atoms. The Hall–Kier alpha value is -3.15. The standard InChI is InChI=1S/C20H21N5O/c1-13(2)24-12-10-15-16(7-6-8-17(15)24)20(26)21-14(3)19-23-22-18-9-4-5-11-25(18)19/h4-14H,1-3H3,(H,21,26)/t14-/m1/s1. The second-order valence-corrected chi connectivity index (χ2v) is 6.74. The van der Waals surface area contributed by atoms with Crippen LogP contribution in [0.1, 0.15) is 49.0 Å². The number of aromatic nitrogens is 4. The quantitative estimate of drug-likeness (QED) is 0.611. The number of hydrogen-bond donors (Lipinski definition) is 1. The summed E-state index contributed by atoms with van der Waals surface area (Å²) in [5.74, 6) is 0.596. The van der Waals surface area contributed by atoms with Gasteiger partial charge in [0.25, 0.3) is 5.91 Å². The number of amides is 1. The van der Waals surface area contributed by atoms with Crippen LogP contribution in [0.5, 0.6) is 0 Å². The molecule has 0 saturated carbocycles. The fourth-order valence-corrected chi connectivity index (χ4v) is 3.33. The van der Waals surface area contributed by atoms with Crippen molar-refractivity contribution in [2.45, 2.75) is 32.9 Å². The van der Waals surface area contributed by atoms with Crippen LogP contribution in [0.3, 0.4) is 0 Å². The molecule has 1 aromatic carbocycles. The van der Waals surface area contributed by atoms with E-state index >= 15 is 0 Å². The van der Waals surface area contributed by atoms with Crippen molar-refractivity contribution in [2.24, 2.45) is 0 Å². The van der Waals surface area contributed by atoms with E-state index < -0.39 is 0 Å². The van der Waals surface area contributed by atoms with E-state index in [9.17, 15) is 4.79 Å². The number of fused-ring (bicyclic) bond motifs is 2. The first-order valence-corrected chi connectivity index (χ1v) is 8.76. The molecule has 0 radical (unpaired) electrons. The minimum Gasteiger partial charge on any atom is -0.345 e. The van der Waals surface area contributed by atoms with E-state index in [2.05, 4.69) is 33.9 Å². The third-order valence-electron chi connectivity index (χ3n) is 4.64. The van der Waals surface area contributed by atoms with Gasteiger partial charge in [-0.1, -0.05) is 12.1 Å². The zero-order chi connectivity index (χ0) is 18.3. The number of nitrogens with one attached hydrogen (secondary N) is 1. The second-order valence-electron chi connectivity index (χ2n) is 6.74. The lowest BCUT2D eigenvalue weighted by Gasteiger charge is -2.14. The maximum atomic E-state index is 12.9. The molecule has 0 bridgehead atoms. The van der Waals surface area contributed by atoms with Gasteiger partial charge in [0.15, 0.2) is 11.5 Å². The molecule has 4 aromatic rings. The van der Waals surface area contributed by atoms with E-state index in [0.29, 0.717) is 17.4 Å². The molecule has 132 valence electrons. The predicted octanol–water partition coefficient (Wildman–Crippen LogP) is 3.76. The molecule has 4 rings (SSSR count). The van der Waals surface area contributed by atoms with Crippen LogP contribution in [0.25, 0.3) is 16.6 Å². The summed E-state index contributed by atoms with van der Waals surface area (Å²) >= 11 is 0. The number of hydrogen-bond acceptors (Lipinski definition) is 3. The van der Waals surface area contributed by atoms with Gasteiger partial charge in [-0.3, -0.25) is 9.20 Å². The monoisotopic (exact) mass is 347 g/mol.